The molecule has 0 aliphatic carbocycles. The summed E-state index contributed by atoms with van der Waals surface area (Å²) >= 11 is 1.86. The van der Waals surface area contributed by atoms with Crippen LogP contribution in [-0.4, -0.2) is 6.61 Å². The Balaban J connectivity index is 1.78. The summed E-state index contributed by atoms with van der Waals surface area (Å²) in [5.41, 5.74) is 4.32. The van der Waals surface area contributed by atoms with E-state index in [9.17, 15) is 0 Å². The van der Waals surface area contributed by atoms with E-state index in [-0.39, 0.29) is 6.04 Å². The standard InChI is InChI=1S/C17H22N2OS/c1-2-13-7-8-17(21-13)15(19-18)11-12-9-10-20-16-6-4-3-5-14(12)16/h3-8,12,15,19H,2,9-11,18H2,1H3. The largest absolute Gasteiger partial charge is 0.493 e. The summed E-state index contributed by atoms with van der Waals surface area (Å²) < 4.78 is 5.75. The summed E-state index contributed by atoms with van der Waals surface area (Å²) in [6.07, 6.45) is 3.16. The minimum absolute atomic E-state index is 0.214. The molecular formula is C17H22N2OS. The lowest BCUT2D eigenvalue weighted by atomic mass is 9.87. The second-order valence-electron chi connectivity index (χ2n) is 5.48. The topological polar surface area (TPSA) is 47.3 Å². The van der Waals surface area contributed by atoms with Crippen molar-refractivity contribution < 1.29 is 4.74 Å². The van der Waals surface area contributed by atoms with Crippen molar-refractivity contribution in [2.45, 2.75) is 38.1 Å². The molecular weight excluding hydrogens is 280 g/mol. The summed E-state index contributed by atoms with van der Waals surface area (Å²) in [6, 6.07) is 13.0. The summed E-state index contributed by atoms with van der Waals surface area (Å²) in [4.78, 5) is 2.75. The van der Waals surface area contributed by atoms with Crippen LogP contribution in [0.3, 0.4) is 0 Å². The fourth-order valence-corrected chi connectivity index (χ4v) is 4.01. The van der Waals surface area contributed by atoms with Gasteiger partial charge in [-0.2, -0.15) is 0 Å². The molecule has 2 atom stereocenters. The van der Waals surface area contributed by atoms with E-state index < -0.39 is 0 Å². The fraction of sp³-hybridized carbons (Fsp3) is 0.412. The van der Waals surface area contributed by atoms with Crippen molar-refractivity contribution in [3.8, 4) is 5.75 Å². The summed E-state index contributed by atoms with van der Waals surface area (Å²) in [7, 11) is 0. The van der Waals surface area contributed by atoms with Crippen LogP contribution in [0.1, 0.15) is 47.0 Å². The van der Waals surface area contributed by atoms with Crippen molar-refractivity contribution in [3.05, 3.63) is 51.7 Å². The molecule has 0 amide bonds. The van der Waals surface area contributed by atoms with Crippen LogP contribution in [0.2, 0.25) is 0 Å². The first-order valence-corrected chi connectivity index (χ1v) is 8.40. The smallest absolute Gasteiger partial charge is 0.122 e. The number of nitrogens with one attached hydrogen (secondary N) is 1. The van der Waals surface area contributed by atoms with E-state index in [1.807, 2.05) is 17.4 Å². The summed E-state index contributed by atoms with van der Waals surface area (Å²) in [6.45, 7) is 2.98. The van der Waals surface area contributed by atoms with Crippen LogP contribution in [-0.2, 0) is 6.42 Å². The van der Waals surface area contributed by atoms with Gasteiger partial charge in [0.2, 0.25) is 0 Å². The molecule has 1 aromatic heterocycles. The van der Waals surface area contributed by atoms with E-state index in [0.717, 1.165) is 31.6 Å². The molecule has 0 saturated carbocycles. The summed E-state index contributed by atoms with van der Waals surface area (Å²) in [5.74, 6) is 7.35. The zero-order valence-corrected chi connectivity index (χ0v) is 13.2. The van der Waals surface area contributed by atoms with Gasteiger partial charge in [-0.1, -0.05) is 25.1 Å². The minimum Gasteiger partial charge on any atom is -0.493 e. The molecule has 3 N–H and O–H groups in total. The Hall–Kier alpha value is -1.36. The van der Waals surface area contributed by atoms with Gasteiger partial charge in [0.25, 0.3) is 0 Å². The van der Waals surface area contributed by atoms with Crippen LogP contribution >= 0.6 is 11.3 Å². The maximum atomic E-state index is 5.82. The highest BCUT2D eigenvalue weighted by Gasteiger charge is 2.25. The highest BCUT2D eigenvalue weighted by molar-refractivity contribution is 7.12. The van der Waals surface area contributed by atoms with E-state index in [2.05, 4.69) is 42.7 Å². The highest BCUT2D eigenvalue weighted by atomic mass is 32.1. The lowest BCUT2D eigenvalue weighted by molar-refractivity contribution is 0.255. The Morgan fingerprint density at radius 1 is 1.33 bits per heavy atom. The molecule has 2 aromatic rings. The number of fused-ring (bicyclic) bond motifs is 1. The monoisotopic (exact) mass is 302 g/mol. The molecule has 2 heterocycles. The Morgan fingerprint density at radius 3 is 2.95 bits per heavy atom. The third-order valence-corrected chi connectivity index (χ3v) is 5.52. The highest BCUT2D eigenvalue weighted by Crippen LogP contribution is 2.39. The molecule has 1 aromatic carbocycles. The number of benzene rings is 1. The number of nitrogens with two attached hydrogens (primary N) is 1. The first-order chi connectivity index (χ1) is 10.3. The van der Waals surface area contributed by atoms with Gasteiger partial charge in [0.1, 0.15) is 5.75 Å². The average Bonchev–Trinajstić information content (AvgIpc) is 3.01. The van der Waals surface area contributed by atoms with Gasteiger partial charge in [-0.05, 0) is 48.9 Å². The normalized spacial score (nSPS) is 18.9. The summed E-state index contributed by atoms with van der Waals surface area (Å²) in [5, 5.41) is 0. The molecule has 3 rings (SSSR count). The van der Waals surface area contributed by atoms with Crippen LogP contribution in [0.5, 0.6) is 5.75 Å². The van der Waals surface area contributed by atoms with Crippen molar-refractivity contribution in [2.24, 2.45) is 5.84 Å². The quantitative estimate of drug-likeness (QED) is 0.653. The SMILES string of the molecule is CCc1ccc(C(CC2CCOc3ccccc32)NN)s1. The zero-order chi connectivity index (χ0) is 14.7. The van der Waals surface area contributed by atoms with Gasteiger partial charge < -0.3 is 4.74 Å². The van der Waals surface area contributed by atoms with Gasteiger partial charge in [-0.25, -0.2) is 0 Å². The van der Waals surface area contributed by atoms with Crippen LogP contribution in [0.15, 0.2) is 36.4 Å². The minimum atomic E-state index is 0.214. The molecule has 3 nitrogen and oxygen atoms in total. The molecule has 0 spiro atoms. The van der Waals surface area contributed by atoms with E-state index in [1.165, 1.54) is 15.3 Å². The number of para-hydroxylation sites is 1. The molecule has 0 saturated heterocycles. The second kappa shape index (κ2) is 6.60. The zero-order valence-electron chi connectivity index (χ0n) is 12.3. The van der Waals surface area contributed by atoms with Crippen LogP contribution < -0.4 is 16.0 Å². The number of thiophene rings is 1. The van der Waals surface area contributed by atoms with Crippen molar-refractivity contribution >= 4 is 11.3 Å². The number of hydrogen-bond acceptors (Lipinski definition) is 4. The van der Waals surface area contributed by atoms with Crippen LogP contribution in [0.25, 0.3) is 0 Å². The lowest BCUT2D eigenvalue weighted by Gasteiger charge is -2.28. The van der Waals surface area contributed by atoms with E-state index >= 15 is 0 Å². The predicted octanol–water partition coefficient (Wildman–Crippen LogP) is 3.77. The molecule has 4 heteroatoms. The van der Waals surface area contributed by atoms with Gasteiger partial charge in [0, 0.05) is 9.75 Å². The van der Waals surface area contributed by atoms with Crippen molar-refractivity contribution in [1.29, 1.82) is 0 Å². The van der Waals surface area contributed by atoms with Crippen LogP contribution in [0, 0.1) is 0 Å². The van der Waals surface area contributed by atoms with Gasteiger partial charge in [0.15, 0.2) is 0 Å². The molecule has 1 aliphatic heterocycles. The number of rotatable bonds is 5. The van der Waals surface area contributed by atoms with Crippen molar-refractivity contribution in [2.75, 3.05) is 6.61 Å². The fourth-order valence-electron chi connectivity index (χ4n) is 2.98. The Bertz CT molecular complexity index is 596. The van der Waals surface area contributed by atoms with Gasteiger partial charge >= 0.3 is 0 Å². The Kier molecular flexibility index (Phi) is 4.58. The first kappa shape index (κ1) is 14.6. The molecule has 0 radical (unpaired) electrons. The van der Waals surface area contributed by atoms with Crippen LogP contribution in [0.4, 0.5) is 0 Å². The molecule has 112 valence electrons. The van der Waals surface area contributed by atoms with E-state index in [1.54, 1.807) is 0 Å². The van der Waals surface area contributed by atoms with Crippen molar-refractivity contribution in [1.82, 2.24) is 5.43 Å². The lowest BCUT2D eigenvalue weighted by Crippen LogP contribution is -2.29. The first-order valence-electron chi connectivity index (χ1n) is 7.58. The van der Waals surface area contributed by atoms with Crippen molar-refractivity contribution in [3.63, 3.8) is 0 Å². The van der Waals surface area contributed by atoms with Gasteiger partial charge in [0.05, 0.1) is 12.6 Å². The van der Waals surface area contributed by atoms with Gasteiger partial charge in [-0.3, -0.25) is 11.3 Å². The van der Waals surface area contributed by atoms with Gasteiger partial charge in [-0.15, -0.1) is 11.3 Å². The predicted molar refractivity (Wildman–Crippen MR) is 87.7 cm³/mol. The third kappa shape index (κ3) is 3.12. The number of ether oxygens (including phenoxy) is 1. The molecule has 1 aliphatic rings. The average molecular weight is 302 g/mol. The maximum absolute atomic E-state index is 5.82. The Labute approximate surface area is 130 Å². The van der Waals surface area contributed by atoms with E-state index in [0.29, 0.717) is 5.92 Å². The number of aryl methyl sites for hydroxylation is 1. The van der Waals surface area contributed by atoms with E-state index in [4.69, 9.17) is 10.6 Å². The number of hydrogen-bond donors (Lipinski definition) is 2. The Morgan fingerprint density at radius 2 is 2.19 bits per heavy atom. The molecule has 0 fully saturated rings. The molecule has 0 bridgehead atoms. The second-order valence-corrected chi connectivity index (χ2v) is 6.68. The number of hydrazine groups is 1. The molecule has 21 heavy (non-hydrogen) atoms. The molecule has 2 unspecified atom stereocenters. The third-order valence-electron chi connectivity index (χ3n) is 4.18. The maximum Gasteiger partial charge on any atom is 0.122 e.